The minimum atomic E-state index is -1.01. The van der Waals surface area contributed by atoms with Crippen LogP contribution in [0.1, 0.15) is 57.1 Å². The molecule has 1 aliphatic heterocycles. The Morgan fingerprint density at radius 2 is 1.83 bits per heavy atom. The number of rotatable bonds is 16. The molecule has 2 aromatic carbocycles. The van der Waals surface area contributed by atoms with Crippen LogP contribution in [-0.2, 0) is 27.2 Å². The molecule has 0 aromatic heterocycles. The summed E-state index contributed by atoms with van der Waals surface area (Å²) >= 11 is 0. The lowest BCUT2D eigenvalue weighted by atomic mass is 10.1. The molecule has 1 N–H and O–H groups in total. The molecule has 35 heavy (non-hydrogen) atoms. The van der Waals surface area contributed by atoms with E-state index in [1.54, 1.807) is 31.2 Å². The third-order valence-corrected chi connectivity index (χ3v) is 6.05. The van der Waals surface area contributed by atoms with E-state index in [0.29, 0.717) is 31.1 Å². The summed E-state index contributed by atoms with van der Waals surface area (Å²) in [5.74, 6) is -2.66. The molecular weight excluding hydrogens is 456 g/mol. The number of halogens is 2. The van der Waals surface area contributed by atoms with Gasteiger partial charge in [-0.1, -0.05) is 50.8 Å². The predicted molar refractivity (Wildman–Crippen MR) is 128 cm³/mol. The number of unbranched alkanes of at least 4 members (excludes halogenated alkanes) is 4. The Balaban J connectivity index is 1.69. The van der Waals surface area contributed by atoms with Gasteiger partial charge in [-0.25, -0.2) is 18.5 Å². The average Bonchev–Trinajstić information content (AvgIpc) is 3.60. The van der Waals surface area contributed by atoms with Gasteiger partial charge in [-0.05, 0) is 37.1 Å². The Morgan fingerprint density at radius 1 is 1.11 bits per heavy atom. The van der Waals surface area contributed by atoms with Crippen LogP contribution >= 0.6 is 0 Å². The van der Waals surface area contributed by atoms with E-state index in [0.717, 1.165) is 37.3 Å². The summed E-state index contributed by atoms with van der Waals surface area (Å²) in [6.45, 7) is 5.45. The van der Waals surface area contributed by atoms with Crippen molar-refractivity contribution in [3.8, 4) is 5.75 Å². The number of carboxylic acid groups (broad SMARTS) is 1. The first-order valence-corrected chi connectivity index (χ1v) is 12.3. The average molecular weight is 492 g/mol. The zero-order valence-corrected chi connectivity index (χ0v) is 20.5. The molecule has 0 aliphatic carbocycles. The molecule has 2 atom stereocenters. The molecule has 0 spiro atoms. The highest BCUT2D eigenvalue weighted by Crippen LogP contribution is 2.36. The third kappa shape index (κ3) is 7.98. The van der Waals surface area contributed by atoms with E-state index in [2.05, 4.69) is 6.92 Å². The van der Waals surface area contributed by atoms with Gasteiger partial charge in [-0.3, -0.25) is 0 Å². The number of aliphatic carboxylic acids is 1. The van der Waals surface area contributed by atoms with Gasteiger partial charge >= 0.3 is 5.97 Å². The summed E-state index contributed by atoms with van der Waals surface area (Å²) in [5, 5.41) is 9.30. The number of epoxide rings is 1. The molecule has 8 heteroatoms. The summed E-state index contributed by atoms with van der Waals surface area (Å²) in [5.41, 5.74) is 1.19. The van der Waals surface area contributed by atoms with Crippen molar-refractivity contribution >= 4 is 5.97 Å². The molecule has 1 fully saturated rings. The van der Waals surface area contributed by atoms with Crippen molar-refractivity contribution < 1.29 is 32.9 Å². The molecule has 192 valence electrons. The largest absolute Gasteiger partial charge is 0.479 e. The van der Waals surface area contributed by atoms with E-state index in [9.17, 15) is 18.7 Å². The Morgan fingerprint density at radius 3 is 2.43 bits per heavy atom. The normalized spacial score (nSPS) is 18.0. The summed E-state index contributed by atoms with van der Waals surface area (Å²) in [7, 11) is 0. The molecule has 1 aliphatic rings. The van der Waals surface area contributed by atoms with Crippen molar-refractivity contribution in [3.05, 3.63) is 65.2 Å². The second kappa shape index (κ2) is 13.0. The fourth-order valence-electron chi connectivity index (χ4n) is 4.01. The summed E-state index contributed by atoms with van der Waals surface area (Å²) in [4.78, 5) is 13.3. The molecule has 0 saturated carbocycles. The quantitative estimate of drug-likeness (QED) is 0.189. The van der Waals surface area contributed by atoms with Gasteiger partial charge < -0.3 is 19.3 Å². The van der Waals surface area contributed by atoms with Crippen molar-refractivity contribution in [1.29, 1.82) is 0 Å². The third-order valence-electron chi connectivity index (χ3n) is 6.05. The topological polar surface area (TPSA) is 71.5 Å². The molecule has 0 radical (unpaired) electrons. The molecule has 0 bridgehead atoms. The smallest absolute Gasteiger partial charge is 0.333 e. The SMILES string of the molecule is CCCCCCCN(Cc1ccc(F)cc1F)C1(Oc2ccc(C[C@@H](OCC)C(=O)O)cc2)CO1. The van der Waals surface area contributed by atoms with Gasteiger partial charge in [-0.2, -0.15) is 0 Å². The number of ether oxygens (including phenoxy) is 3. The van der Waals surface area contributed by atoms with Crippen LogP contribution in [-0.4, -0.2) is 47.7 Å². The zero-order valence-electron chi connectivity index (χ0n) is 20.5. The highest BCUT2D eigenvalue weighted by Gasteiger charge is 2.53. The summed E-state index contributed by atoms with van der Waals surface area (Å²) in [6, 6.07) is 10.7. The van der Waals surface area contributed by atoms with Crippen LogP contribution in [0.4, 0.5) is 8.78 Å². The van der Waals surface area contributed by atoms with Crippen LogP contribution < -0.4 is 4.74 Å². The van der Waals surface area contributed by atoms with Gasteiger partial charge in [0.2, 0.25) is 0 Å². The molecule has 2 aromatic rings. The van der Waals surface area contributed by atoms with Crippen molar-refractivity contribution in [2.75, 3.05) is 19.8 Å². The van der Waals surface area contributed by atoms with Gasteiger partial charge in [0.1, 0.15) is 24.0 Å². The van der Waals surface area contributed by atoms with E-state index < -0.39 is 29.6 Å². The number of hydrogen-bond donors (Lipinski definition) is 1. The maximum Gasteiger partial charge on any atom is 0.333 e. The molecule has 1 unspecified atom stereocenters. The minimum absolute atomic E-state index is 0.229. The van der Waals surface area contributed by atoms with E-state index in [4.69, 9.17) is 14.2 Å². The van der Waals surface area contributed by atoms with Crippen LogP contribution in [0.3, 0.4) is 0 Å². The zero-order chi connectivity index (χ0) is 25.3. The monoisotopic (exact) mass is 491 g/mol. The Labute approximate surface area is 205 Å². The maximum absolute atomic E-state index is 14.4. The fourth-order valence-corrected chi connectivity index (χ4v) is 4.01. The van der Waals surface area contributed by atoms with E-state index >= 15 is 0 Å². The highest BCUT2D eigenvalue weighted by molar-refractivity contribution is 5.72. The fraction of sp³-hybridized carbons (Fsp3) is 0.519. The molecule has 1 saturated heterocycles. The predicted octanol–water partition coefficient (Wildman–Crippen LogP) is 5.53. The first kappa shape index (κ1) is 27.0. The summed E-state index contributed by atoms with van der Waals surface area (Å²) in [6.07, 6.45) is 4.75. The second-order valence-corrected chi connectivity index (χ2v) is 8.81. The van der Waals surface area contributed by atoms with E-state index in [1.807, 2.05) is 4.90 Å². The number of carbonyl (C=O) groups is 1. The van der Waals surface area contributed by atoms with Gasteiger partial charge in [0.05, 0.1) is 0 Å². The Kier molecular flexibility index (Phi) is 10.0. The Hall–Kier alpha value is -2.55. The van der Waals surface area contributed by atoms with Crippen molar-refractivity contribution in [1.82, 2.24) is 4.90 Å². The van der Waals surface area contributed by atoms with Gasteiger partial charge in [0.25, 0.3) is 5.91 Å². The van der Waals surface area contributed by atoms with Crippen LogP contribution in [0.5, 0.6) is 5.75 Å². The van der Waals surface area contributed by atoms with Crippen LogP contribution in [0, 0.1) is 11.6 Å². The van der Waals surface area contributed by atoms with Crippen LogP contribution in [0.25, 0.3) is 0 Å². The van der Waals surface area contributed by atoms with Crippen LogP contribution in [0.2, 0.25) is 0 Å². The van der Waals surface area contributed by atoms with Gasteiger partial charge in [0, 0.05) is 37.7 Å². The lowest BCUT2D eigenvalue weighted by Crippen LogP contribution is -2.43. The number of benzene rings is 2. The molecule has 3 rings (SSSR count). The van der Waals surface area contributed by atoms with E-state index in [-0.39, 0.29) is 13.0 Å². The highest BCUT2D eigenvalue weighted by atomic mass is 19.1. The lowest BCUT2D eigenvalue weighted by Gasteiger charge is -2.29. The number of hydrogen-bond acceptors (Lipinski definition) is 5. The molecular formula is C27H35F2NO5. The first-order chi connectivity index (χ1) is 16.9. The Bertz CT molecular complexity index is 949. The van der Waals surface area contributed by atoms with Crippen molar-refractivity contribution in [2.24, 2.45) is 0 Å². The van der Waals surface area contributed by atoms with Crippen molar-refractivity contribution in [2.45, 2.75) is 70.9 Å². The molecule has 0 amide bonds. The number of nitrogens with zero attached hydrogens (tertiary/aromatic N) is 1. The number of carboxylic acids is 1. The lowest BCUT2D eigenvalue weighted by molar-refractivity contribution is -0.149. The minimum Gasteiger partial charge on any atom is -0.479 e. The van der Waals surface area contributed by atoms with Gasteiger partial charge in [0.15, 0.2) is 6.10 Å². The molecule has 6 nitrogen and oxygen atoms in total. The van der Waals surface area contributed by atoms with Gasteiger partial charge in [-0.15, -0.1) is 0 Å². The first-order valence-electron chi connectivity index (χ1n) is 12.3. The van der Waals surface area contributed by atoms with Crippen molar-refractivity contribution in [3.63, 3.8) is 0 Å². The standard InChI is InChI=1S/C27H35F2NO5/c1-3-5-6-7-8-15-30(18-21-11-12-22(28)17-24(21)29)27(19-34-27)35-23-13-9-20(10-14-23)16-25(26(31)32)33-4-2/h9-14,17,25H,3-8,15-16,18-19H2,1-2H3,(H,31,32)/t25-,27?/m1/s1. The van der Waals surface area contributed by atoms with E-state index in [1.165, 1.54) is 18.6 Å². The summed E-state index contributed by atoms with van der Waals surface area (Å²) < 4.78 is 45.0. The van der Waals surface area contributed by atoms with Crippen LogP contribution in [0.15, 0.2) is 42.5 Å². The molecule has 1 heterocycles. The second-order valence-electron chi connectivity index (χ2n) is 8.81. The maximum atomic E-state index is 14.4.